The zero-order chi connectivity index (χ0) is 11.1. The Hall–Kier alpha value is -1.31. The Morgan fingerprint density at radius 1 is 0.938 bits per heavy atom. The van der Waals surface area contributed by atoms with E-state index in [1.165, 1.54) is 0 Å². The van der Waals surface area contributed by atoms with Gasteiger partial charge in [-0.15, -0.1) is 0 Å². The fourth-order valence-corrected chi connectivity index (χ4v) is 2.18. The predicted octanol–water partition coefficient (Wildman–Crippen LogP) is 4.65. The molecular weight excluding hydrogens is 241 g/mol. The van der Waals surface area contributed by atoms with Gasteiger partial charge >= 0.3 is 0 Å². The summed E-state index contributed by atoms with van der Waals surface area (Å²) in [6.45, 7) is 0. The number of nitrogens with zero attached hydrogens (tertiary/aromatic N) is 1. The largest absolute Gasteiger partial charge is 0.234 e. The molecule has 3 rings (SSSR count). The minimum Gasteiger partial charge on any atom is -0.234 e. The summed E-state index contributed by atoms with van der Waals surface area (Å²) in [5.41, 5.74) is 3.17. The van der Waals surface area contributed by atoms with E-state index in [9.17, 15) is 0 Å². The van der Waals surface area contributed by atoms with Gasteiger partial charge in [0.05, 0.1) is 10.5 Å². The summed E-state index contributed by atoms with van der Waals surface area (Å²) in [7, 11) is 0. The molecule has 0 amide bonds. The van der Waals surface area contributed by atoms with Crippen LogP contribution in [0.25, 0.3) is 22.0 Å². The van der Waals surface area contributed by atoms with E-state index in [4.69, 9.17) is 23.2 Å². The third-order valence-electron chi connectivity index (χ3n) is 2.62. The van der Waals surface area contributed by atoms with Crippen LogP contribution in [0.4, 0.5) is 0 Å². The minimum absolute atomic E-state index is 0.355. The van der Waals surface area contributed by atoms with Crippen molar-refractivity contribution >= 4 is 34.1 Å². The number of halogens is 2. The number of fused-ring (bicyclic) bond motifs is 3. The summed E-state index contributed by atoms with van der Waals surface area (Å²) in [5.74, 6) is 0. The Balaban J connectivity index is 2.48. The molecule has 0 saturated heterocycles. The molecule has 0 atom stereocenters. The summed E-state index contributed by atoms with van der Waals surface area (Å²) >= 11 is 11.9. The van der Waals surface area contributed by atoms with Crippen LogP contribution in [0.3, 0.4) is 0 Å². The van der Waals surface area contributed by atoms with Crippen molar-refractivity contribution in [2.24, 2.45) is 0 Å². The molecule has 1 nitrogen and oxygen atoms in total. The average Bonchev–Trinajstić information content (AvgIpc) is 2.47. The molecule has 0 radical (unpaired) electrons. The van der Waals surface area contributed by atoms with Crippen molar-refractivity contribution in [2.75, 3.05) is 0 Å². The third-order valence-corrected chi connectivity index (χ3v) is 3.29. The van der Waals surface area contributed by atoms with Crippen molar-refractivity contribution in [3.63, 3.8) is 0 Å². The van der Waals surface area contributed by atoms with E-state index in [-0.39, 0.29) is 0 Å². The Morgan fingerprint density at radius 2 is 1.75 bits per heavy atom. The first kappa shape index (κ1) is 9.88. The molecule has 0 bridgehead atoms. The average molecular weight is 248 g/mol. The van der Waals surface area contributed by atoms with Crippen molar-refractivity contribution in [2.45, 2.75) is 0 Å². The summed E-state index contributed by atoms with van der Waals surface area (Å²) in [5, 5.41) is 1.89. The Kier molecular flexibility index (Phi) is 2.23. The van der Waals surface area contributed by atoms with Crippen molar-refractivity contribution in [1.82, 2.24) is 4.98 Å². The Labute approximate surface area is 103 Å². The number of hydrogen-bond acceptors (Lipinski definition) is 1. The van der Waals surface area contributed by atoms with E-state index in [0.717, 1.165) is 22.0 Å². The molecule has 2 aliphatic rings. The molecule has 0 aromatic carbocycles. The first-order valence-corrected chi connectivity index (χ1v) is 5.65. The van der Waals surface area contributed by atoms with Gasteiger partial charge in [0, 0.05) is 5.39 Å². The zero-order valence-electron chi connectivity index (χ0n) is 8.24. The van der Waals surface area contributed by atoms with Gasteiger partial charge in [-0.3, -0.25) is 0 Å². The normalized spacial score (nSPS) is 11.1. The van der Waals surface area contributed by atoms with Crippen LogP contribution in [0.15, 0.2) is 42.5 Å². The molecular formula is C13H7Cl2N. The van der Waals surface area contributed by atoms with E-state index in [1.807, 2.05) is 30.3 Å². The van der Waals surface area contributed by atoms with Gasteiger partial charge in [-0.25, -0.2) is 4.98 Å². The molecule has 0 saturated carbocycles. The summed E-state index contributed by atoms with van der Waals surface area (Å²) in [4.78, 5) is 4.27. The number of aromatic nitrogens is 1. The van der Waals surface area contributed by atoms with Crippen LogP contribution < -0.4 is 0 Å². The fraction of sp³-hybridized carbons (Fsp3) is 0. The van der Waals surface area contributed by atoms with E-state index >= 15 is 0 Å². The standard InChI is InChI=1S/C13H7Cl2N/c14-11-7-10-9-5-3-1-2-4-8(9)6-12(10)16-13(11)15/h1-7H. The Morgan fingerprint density at radius 3 is 2.62 bits per heavy atom. The van der Waals surface area contributed by atoms with Gasteiger partial charge in [-0.2, -0.15) is 0 Å². The van der Waals surface area contributed by atoms with Gasteiger partial charge in [-0.05, 0) is 23.3 Å². The molecule has 0 aliphatic heterocycles. The highest BCUT2D eigenvalue weighted by Crippen LogP contribution is 2.35. The van der Waals surface area contributed by atoms with Crippen LogP contribution >= 0.6 is 23.2 Å². The van der Waals surface area contributed by atoms with Crippen molar-refractivity contribution < 1.29 is 0 Å². The summed E-state index contributed by atoms with van der Waals surface area (Å²) in [6, 6.07) is 14.0. The lowest BCUT2D eigenvalue weighted by Crippen LogP contribution is -1.76. The maximum Gasteiger partial charge on any atom is 0.148 e. The van der Waals surface area contributed by atoms with Gasteiger partial charge in [-0.1, -0.05) is 53.5 Å². The van der Waals surface area contributed by atoms with Crippen molar-refractivity contribution in [3.8, 4) is 11.1 Å². The molecule has 0 spiro atoms. The van der Waals surface area contributed by atoms with Crippen molar-refractivity contribution in [3.05, 3.63) is 52.6 Å². The second-order valence-corrected chi connectivity index (χ2v) is 4.38. The lowest BCUT2D eigenvalue weighted by Gasteiger charge is -1.96. The topological polar surface area (TPSA) is 12.9 Å². The molecule has 0 unspecified atom stereocenters. The van der Waals surface area contributed by atoms with Crippen LogP contribution in [0.1, 0.15) is 0 Å². The monoisotopic (exact) mass is 247 g/mol. The van der Waals surface area contributed by atoms with Crippen molar-refractivity contribution in [1.29, 1.82) is 0 Å². The maximum atomic E-state index is 5.98. The van der Waals surface area contributed by atoms with E-state index in [0.29, 0.717) is 10.2 Å². The summed E-state index contributed by atoms with van der Waals surface area (Å²) < 4.78 is 0. The van der Waals surface area contributed by atoms with Crippen LogP contribution in [0, 0.1) is 0 Å². The molecule has 2 aliphatic carbocycles. The second kappa shape index (κ2) is 3.62. The van der Waals surface area contributed by atoms with Crippen LogP contribution in [0.5, 0.6) is 0 Å². The van der Waals surface area contributed by atoms with E-state index in [2.05, 4.69) is 17.1 Å². The number of pyridine rings is 1. The highest BCUT2D eigenvalue weighted by molar-refractivity contribution is 6.42. The molecule has 0 fully saturated rings. The second-order valence-electron chi connectivity index (χ2n) is 3.62. The molecule has 3 heteroatoms. The highest BCUT2D eigenvalue weighted by atomic mass is 35.5. The van der Waals surface area contributed by atoms with E-state index < -0.39 is 0 Å². The van der Waals surface area contributed by atoms with Gasteiger partial charge in [0.2, 0.25) is 0 Å². The molecule has 1 aromatic rings. The molecule has 1 aromatic heterocycles. The van der Waals surface area contributed by atoms with Gasteiger partial charge in [0.25, 0.3) is 0 Å². The zero-order valence-corrected chi connectivity index (χ0v) is 9.76. The van der Waals surface area contributed by atoms with Gasteiger partial charge in [0.15, 0.2) is 0 Å². The Bertz CT molecular complexity index is 649. The SMILES string of the molecule is Clc1cc2c3cccccc-3cc2nc1Cl. The quantitative estimate of drug-likeness (QED) is 0.528. The lowest BCUT2D eigenvalue weighted by atomic mass is 10.1. The maximum absolute atomic E-state index is 5.98. The minimum atomic E-state index is 0.355. The predicted molar refractivity (Wildman–Crippen MR) is 68.4 cm³/mol. The molecule has 0 N–H and O–H groups in total. The number of rotatable bonds is 0. The van der Waals surface area contributed by atoms with Crippen LogP contribution in [0.2, 0.25) is 10.2 Å². The van der Waals surface area contributed by atoms with Gasteiger partial charge < -0.3 is 0 Å². The highest BCUT2D eigenvalue weighted by Gasteiger charge is 2.11. The summed E-state index contributed by atoms with van der Waals surface area (Å²) in [6.07, 6.45) is 0. The first-order chi connectivity index (χ1) is 7.75. The van der Waals surface area contributed by atoms with E-state index in [1.54, 1.807) is 0 Å². The van der Waals surface area contributed by atoms with Crippen LogP contribution in [-0.4, -0.2) is 4.98 Å². The lowest BCUT2D eigenvalue weighted by molar-refractivity contribution is 1.43. The van der Waals surface area contributed by atoms with Gasteiger partial charge in [0.1, 0.15) is 5.15 Å². The fourth-order valence-electron chi connectivity index (χ4n) is 1.88. The number of hydrogen-bond donors (Lipinski definition) is 0. The smallest absolute Gasteiger partial charge is 0.148 e. The third kappa shape index (κ3) is 1.44. The first-order valence-electron chi connectivity index (χ1n) is 4.89. The molecule has 1 heterocycles. The van der Waals surface area contributed by atoms with Crippen LogP contribution in [-0.2, 0) is 0 Å². The molecule has 16 heavy (non-hydrogen) atoms. The molecule has 78 valence electrons.